The molecule has 1 aliphatic rings. The molecule has 0 saturated carbocycles. The largest absolute Gasteiger partial charge is 0.492 e. The van der Waals surface area contributed by atoms with Gasteiger partial charge in [-0.1, -0.05) is 30.7 Å². The summed E-state index contributed by atoms with van der Waals surface area (Å²) < 4.78 is 37.8. The van der Waals surface area contributed by atoms with Crippen molar-refractivity contribution in [2.45, 2.75) is 18.2 Å². The molecule has 1 fully saturated rings. The second kappa shape index (κ2) is 10.3. The number of hydrogen-bond donors (Lipinski definition) is 1. The van der Waals surface area contributed by atoms with E-state index in [0.29, 0.717) is 13.2 Å². The molecule has 0 spiro atoms. The number of halogens is 1. The fourth-order valence-corrected chi connectivity index (χ4v) is 4.66. The van der Waals surface area contributed by atoms with Gasteiger partial charge in [0.05, 0.1) is 35.2 Å². The molecule has 2 aromatic rings. The first kappa shape index (κ1) is 22.6. The van der Waals surface area contributed by atoms with E-state index in [1.54, 1.807) is 0 Å². The van der Waals surface area contributed by atoms with Crippen LogP contribution in [0.1, 0.15) is 22.8 Å². The second-order valence-electron chi connectivity index (χ2n) is 6.76. The zero-order valence-electron chi connectivity index (χ0n) is 16.8. The number of carbonyl (C=O) groups excluding carboxylic acids is 1. The van der Waals surface area contributed by atoms with Crippen LogP contribution in [0.3, 0.4) is 0 Å². The van der Waals surface area contributed by atoms with E-state index in [0.717, 1.165) is 12.2 Å². The topological polar surface area (TPSA) is 84.9 Å². The van der Waals surface area contributed by atoms with Crippen LogP contribution in [0.25, 0.3) is 0 Å². The van der Waals surface area contributed by atoms with E-state index in [2.05, 4.69) is 12.2 Å². The first-order valence-electron chi connectivity index (χ1n) is 9.79. The van der Waals surface area contributed by atoms with E-state index in [9.17, 15) is 13.2 Å². The molecule has 9 heteroatoms. The second-order valence-corrected chi connectivity index (χ2v) is 9.11. The maximum atomic E-state index is 12.8. The predicted octanol–water partition coefficient (Wildman–Crippen LogP) is 2.73. The average molecular weight is 453 g/mol. The summed E-state index contributed by atoms with van der Waals surface area (Å²) in [6, 6.07) is 11.9. The molecule has 7 nitrogen and oxygen atoms in total. The molecule has 0 aromatic heterocycles. The van der Waals surface area contributed by atoms with Crippen LogP contribution in [0.2, 0.25) is 5.02 Å². The van der Waals surface area contributed by atoms with Crippen molar-refractivity contribution >= 4 is 27.5 Å². The highest BCUT2D eigenvalue weighted by Gasteiger charge is 2.27. The fraction of sp³-hybridized carbons (Fsp3) is 0.381. The molecule has 1 N–H and O–H groups in total. The summed E-state index contributed by atoms with van der Waals surface area (Å²) in [5.41, 5.74) is 1.33. The lowest BCUT2D eigenvalue weighted by atomic mass is 10.2. The van der Waals surface area contributed by atoms with Crippen LogP contribution in [0.15, 0.2) is 47.4 Å². The highest BCUT2D eigenvalue weighted by atomic mass is 35.5. The van der Waals surface area contributed by atoms with Gasteiger partial charge in [-0.3, -0.25) is 4.79 Å². The van der Waals surface area contributed by atoms with Crippen LogP contribution in [0.4, 0.5) is 0 Å². The van der Waals surface area contributed by atoms with Crippen LogP contribution in [-0.2, 0) is 21.2 Å². The van der Waals surface area contributed by atoms with Crippen molar-refractivity contribution in [1.29, 1.82) is 0 Å². The molecule has 0 aliphatic carbocycles. The molecule has 0 bridgehead atoms. The Labute approximate surface area is 182 Å². The summed E-state index contributed by atoms with van der Waals surface area (Å²) >= 11 is 6.14. The van der Waals surface area contributed by atoms with Crippen LogP contribution in [0, 0.1) is 0 Å². The van der Waals surface area contributed by atoms with Crippen LogP contribution < -0.4 is 10.1 Å². The first-order valence-corrected chi connectivity index (χ1v) is 11.6. The molecule has 0 unspecified atom stereocenters. The lowest BCUT2D eigenvalue weighted by molar-refractivity contribution is 0.0730. The molecule has 1 aliphatic heterocycles. The number of nitrogens with one attached hydrogen (secondary N) is 1. The highest BCUT2D eigenvalue weighted by Crippen LogP contribution is 2.23. The Morgan fingerprint density at radius 3 is 2.53 bits per heavy atom. The highest BCUT2D eigenvalue weighted by molar-refractivity contribution is 7.89. The van der Waals surface area contributed by atoms with Gasteiger partial charge < -0.3 is 14.8 Å². The molecule has 2 aromatic carbocycles. The maximum Gasteiger partial charge on any atom is 0.252 e. The van der Waals surface area contributed by atoms with E-state index in [1.807, 2.05) is 24.3 Å². The smallest absolute Gasteiger partial charge is 0.252 e. The summed E-state index contributed by atoms with van der Waals surface area (Å²) in [5, 5.41) is 2.90. The lowest BCUT2D eigenvalue weighted by Crippen LogP contribution is -2.40. The lowest BCUT2D eigenvalue weighted by Gasteiger charge is -2.26. The normalized spacial score (nSPS) is 15.0. The molecule has 1 amide bonds. The van der Waals surface area contributed by atoms with Gasteiger partial charge >= 0.3 is 0 Å². The minimum absolute atomic E-state index is 0.0335. The zero-order valence-corrected chi connectivity index (χ0v) is 18.3. The monoisotopic (exact) mass is 452 g/mol. The number of aryl methyl sites for hydroxylation is 1. The zero-order chi connectivity index (χ0) is 21.6. The molecule has 3 rings (SSSR count). The van der Waals surface area contributed by atoms with Crippen molar-refractivity contribution in [2.24, 2.45) is 0 Å². The standard InChI is InChI=1S/C21H25ClN2O5S/c1-2-16-3-5-17(6-4-16)29-12-9-23-21(25)19-15-18(7-8-20(19)22)30(26,27)24-10-13-28-14-11-24/h3-8,15H,2,9-14H2,1H3,(H,23,25). The third kappa shape index (κ3) is 5.51. The maximum absolute atomic E-state index is 12.8. The Balaban J connectivity index is 1.60. The molecule has 1 saturated heterocycles. The van der Waals surface area contributed by atoms with Gasteiger partial charge in [0, 0.05) is 13.1 Å². The van der Waals surface area contributed by atoms with Crippen molar-refractivity contribution in [2.75, 3.05) is 39.5 Å². The van der Waals surface area contributed by atoms with Crippen molar-refractivity contribution < 1.29 is 22.7 Å². The quantitative estimate of drug-likeness (QED) is 0.622. The number of amides is 1. The van der Waals surface area contributed by atoms with E-state index >= 15 is 0 Å². The predicted molar refractivity (Wildman–Crippen MR) is 115 cm³/mol. The van der Waals surface area contributed by atoms with Gasteiger partial charge in [0.15, 0.2) is 0 Å². The Kier molecular flexibility index (Phi) is 7.71. The van der Waals surface area contributed by atoms with Gasteiger partial charge in [0.1, 0.15) is 12.4 Å². The minimum atomic E-state index is -3.71. The number of carbonyl (C=O) groups is 1. The van der Waals surface area contributed by atoms with E-state index in [1.165, 1.54) is 28.1 Å². The molecule has 1 heterocycles. The van der Waals surface area contributed by atoms with Crippen LogP contribution >= 0.6 is 11.6 Å². The van der Waals surface area contributed by atoms with Gasteiger partial charge in [-0.2, -0.15) is 4.31 Å². The Morgan fingerprint density at radius 2 is 1.87 bits per heavy atom. The first-order chi connectivity index (χ1) is 14.4. The SMILES string of the molecule is CCc1ccc(OCCNC(=O)c2cc(S(=O)(=O)N3CCOCC3)ccc2Cl)cc1. The molecule has 30 heavy (non-hydrogen) atoms. The number of hydrogen-bond acceptors (Lipinski definition) is 5. The number of sulfonamides is 1. The summed E-state index contributed by atoms with van der Waals surface area (Å²) in [6.07, 6.45) is 0.956. The number of benzene rings is 2. The van der Waals surface area contributed by atoms with Crippen molar-refractivity contribution in [3.05, 3.63) is 58.6 Å². The molecule has 0 atom stereocenters. The van der Waals surface area contributed by atoms with Gasteiger partial charge in [-0.15, -0.1) is 0 Å². The number of rotatable bonds is 8. The summed E-state index contributed by atoms with van der Waals surface area (Å²) in [7, 11) is -3.71. The third-order valence-corrected chi connectivity index (χ3v) is 7.00. The molecule has 0 radical (unpaired) electrons. The van der Waals surface area contributed by atoms with Gasteiger partial charge in [-0.05, 0) is 42.3 Å². The van der Waals surface area contributed by atoms with E-state index in [4.69, 9.17) is 21.1 Å². The van der Waals surface area contributed by atoms with Crippen LogP contribution in [0.5, 0.6) is 5.75 Å². The summed E-state index contributed by atoms with van der Waals surface area (Å²) in [5.74, 6) is 0.266. The van der Waals surface area contributed by atoms with Gasteiger partial charge in [-0.25, -0.2) is 8.42 Å². The number of morpholine rings is 1. The van der Waals surface area contributed by atoms with E-state index in [-0.39, 0.29) is 41.7 Å². The third-order valence-electron chi connectivity index (χ3n) is 4.78. The average Bonchev–Trinajstić information content (AvgIpc) is 2.77. The molecule has 162 valence electrons. The number of ether oxygens (including phenoxy) is 2. The van der Waals surface area contributed by atoms with Crippen molar-refractivity contribution in [3.8, 4) is 5.75 Å². The van der Waals surface area contributed by atoms with Crippen molar-refractivity contribution in [3.63, 3.8) is 0 Å². The van der Waals surface area contributed by atoms with Gasteiger partial charge in [0.2, 0.25) is 10.0 Å². The number of nitrogens with zero attached hydrogens (tertiary/aromatic N) is 1. The summed E-state index contributed by atoms with van der Waals surface area (Å²) in [4.78, 5) is 12.6. The summed E-state index contributed by atoms with van der Waals surface area (Å²) in [6.45, 7) is 3.87. The Bertz CT molecular complexity index is 973. The molecular formula is C21H25ClN2O5S. The van der Waals surface area contributed by atoms with E-state index < -0.39 is 15.9 Å². The van der Waals surface area contributed by atoms with Gasteiger partial charge in [0.25, 0.3) is 5.91 Å². The Hall–Kier alpha value is -2.13. The molecular weight excluding hydrogens is 428 g/mol. The minimum Gasteiger partial charge on any atom is -0.492 e. The Morgan fingerprint density at radius 1 is 1.17 bits per heavy atom. The van der Waals surface area contributed by atoms with Crippen LogP contribution in [-0.4, -0.2) is 58.1 Å². The van der Waals surface area contributed by atoms with Crippen molar-refractivity contribution in [1.82, 2.24) is 9.62 Å². The fourth-order valence-electron chi connectivity index (χ4n) is 3.02.